The van der Waals surface area contributed by atoms with Gasteiger partial charge in [0.15, 0.2) is 0 Å². The van der Waals surface area contributed by atoms with E-state index in [-0.39, 0.29) is 0 Å². The number of aromatic nitrogens is 4. The average molecular weight is 1440 g/mol. The van der Waals surface area contributed by atoms with Crippen LogP contribution in [0.4, 0.5) is 0 Å². The van der Waals surface area contributed by atoms with Gasteiger partial charge in [-0.15, -0.1) is 0 Å². The Hall–Kier alpha value is -10.1. The number of benzene rings is 10. The normalized spacial score (nSPS) is 12.6. The summed E-state index contributed by atoms with van der Waals surface area (Å²) in [4.78, 5) is 20.8. The molecule has 15 rings (SSSR count). The largest absolute Gasteiger partial charge is 0.493 e. The lowest BCUT2D eigenvalue weighted by Gasteiger charge is -2.32. The minimum absolute atomic E-state index is 0.565. The molecule has 3 aromatic heterocycles. The fourth-order valence-electron chi connectivity index (χ4n) is 16.4. The van der Waals surface area contributed by atoms with Crippen molar-refractivity contribution in [2.75, 3.05) is 133 Å². The summed E-state index contributed by atoms with van der Waals surface area (Å²) in [6.45, 7) is 33.2. The van der Waals surface area contributed by atoms with Gasteiger partial charge in [-0.05, 0) is 195 Å². The molecule has 2 N–H and O–H groups in total. The summed E-state index contributed by atoms with van der Waals surface area (Å²) in [6.07, 6.45) is 3.63. The van der Waals surface area contributed by atoms with Crippen LogP contribution in [0.3, 0.4) is 0 Å². The monoisotopic (exact) mass is 1440 g/mol. The number of fused-ring (bicyclic) bond motifs is 24. The molecular formula is C96H110N8O4+4. The van der Waals surface area contributed by atoms with Crippen molar-refractivity contribution < 1.29 is 36.9 Å². The summed E-state index contributed by atoms with van der Waals surface area (Å²) < 4.78 is 32.1. The summed E-state index contributed by atoms with van der Waals surface area (Å²) in [7, 11) is 9.40. The van der Waals surface area contributed by atoms with Gasteiger partial charge in [-0.25, -0.2) is 9.97 Å². The molecule has 0 aliphatic carbocycles. The summed E-state index contributed by atoms with van der Waals surface area (Å²) in [6, 6.07) is 71.8. The van der Waals surface area contributed by atoms with Crippen LogP contribution in [0.15, 0.2) is 194 Å². The van der Waals surface area contributed by atoms with Crippen molar-refractivity contribution in [3.8, 4) is 90.3 Å². The smallest absolute Gasteiger partial charge is 0.123 e. The van der Waals surface area contributed by atoms with Crippen LogP contribution in [0, 0.1) is 0 Å². The number of rotatable bonds is 30. The predicted octanol–water partition coefficient (Wildman–Crippen LogP) is 22.3. The van der Waals surface area contributed by atoms with Gasteiger partial charge in [0.1, 0.15) is 23.0 Å². The summed E-state index contributed by atoms with van der Waals surface area (Å²) in [5.74, 6) is 3.05. The van der Waals surface area contributed by atoms with Crippen LogP contribution >= 0.6 is 0 Å². The van der Waals surface area contributed by atoms with Crippen molar-refractivity contribution in [2.24, 2.45) is 0 Å². The van der Waals surface area contributed by atoms with E-state index in [2.05, 4.69) is 288 Å². The number of aromatic amines is 2. The summed E-state index contributed by atoms with van der Waals surface area (Å²) >= 11 is 0. The number of hydrogen-bond donors (Lipinski definition) is 2. The Kier molecular flexibility index (Phi) is 21.0. The molecule has 0 saturated carbocycles. The third kappa shape index (κ3) is 14.8. The summed E-state index contributed by atoms with van der Waals surface area (Å²) in [5.41, 5.74) is 15.0. The number of nitrogens with one attached hydrogen (secondary N) is 2. The molecule has 12 nitrogen and oxygen atoms in total. The first kappa shape index (κ1) is 73.4. The molecule has 0 spiro atoms. The maximum atomic E-state index is 7.05. The molecule has 5 heterocycles. The third-order valence-electron chi connectivity index (χ3n) is 25.1. The van der Waals surface area contributed by atoms with Crippen molar-refractivity contribution in [1.29, 1.82) is 0 Å². The second-order valence-electron chi connectivity index (χ2n) is 31.6. The van der Waals surface area contributed by atoms with Crippen LogP contribution < -0.4 is 18.9 Å². The Labute approximate surface area is 638 Å². The van der Waals surface area contributed by atoms with Crippen LogP contribution in [0.1, 0.15) is 81.1 Å². The van der Waals surface area contributed by atoms with E-state index < -0.39 is 0 Å². The zero-order chi connectivity index (χ0) is 74.9. The van der Waals surface area contributed by atoms with E-state index in [9.17, 15) is 0 Å². The van der Waals surface area contributed by atoms with Gasteiger partial charge in [0.25, 0.3) is 0 Å². The average Bonchev–Trinajstić information content (AvgIpc) is 1.56. The molecule has 8 bridgehead atoms. The van der Waals surface area contributed by atoms with Crippen molar-refractivity contribution >= 4 is 86.7 Å². The lowest BCUT2D eigenvalue weighted by atomic mass is 9.93. The fraction of sp³-hybridized carbons (Fsp3) is 0.333. The van der Waals surface area contributed by atoms with E-state index in [4.69, 9.17) is 28.9 Å². The molecule has 0 radical (unpaired) electrons. The predicted molar refractivity (Wildman–Crippen MR) is 455 cm³/mol. The van der Waals surface area contributed by atoms with E-state index in [0.29, 0.717) is 26.4 Å². The van der Waals surface area contributed by atoms with E-state index in [0.717, 1.165) is 299 Å². The Balaban J connectivity index is 1.07. The van der Waals surface area contributed by atoms with Crippen molar-refractivity contribution in [2.45, 2.75) is 81.1 Å². The minimum Gasteiger partial charge on any atom is -0.493 e. The quantitative estimate of drug-likeness (QED) is 0.0344. The molecule has 12 heteroatoms. The Morgan fingerprint density at radius 3 is 0.806 bits per heavy atom. The Morgan fingerprint density at radius 1 is 0.287 bits per heavy atom. The SMILES string of the molecule is CC[N+](C)(CC)CCCOc1cc(OCCC[N+](C)(CC)CC)cc(-c2c3nc(cc4[nH]c(c(-c5cc(OCCC[N+](C)(CC)CC)cc(OCCC[N+](C)(CC)CC)c5)c5nc(cc6[nH]c2c2cc7ccccc7cc62)-c2cc6ccccc6cc2-5)c2cc5ccccc5cc42)-c2cc4ccccc4cc2-3)c1. The second kappa shape index (κ2) is 30.9. The number of H-pyrrole nitrogens is 2. The van der Waals surface area contributed by atoms with Crippen molar-refractivity contribution in [3.05, 3.63) is 194 Å². The van der Waals surface area contributed by atoms with Crippen LogP contribution in [0.25, 0.3) is 154 Å². The highest BCUT2D eigenvalue weighted by molar-refractivity contribution is 6.21. The first-order chi connectivity index (χ1) is 52.5. The van der Waals surface area contributed by atoms with Gasteiger partial charge in [-0.3, -0.25) is 0 Å². The maximum absolute atomic E-state index is 7.05. The zero-order valence-corrected chi connectivity index (χ0v) is 65.9. The first-order valence-corrected chi connectivity index (χ1v) is 40.2. The molecule has 10 aromatic carbocycles. The molecule has 0 amide bonds. The maximum Gasteiger partial charge on any atom is 0.123 e. The molecule has 0 fully saturated rings. The second-order valence-corrected chi connectivity index (χ2v) is 31.6. The van der Waals surface area contributed by atoms with E-state index in [1.807, 2.05) is 0 Å². The van der Waals surface area contributed by atoms with E-state index >= 15 is 0 Å². The molecule has 554 valence electrons. The highest BCUT2D eigenvalue weighted by Gasteiger charge is 2.30. The van der Waals surface area contributed by atoms with Crippen LogP contribution in [-0.4, -0.2) is 171 Å². The third-order valence-corrected chi connectivity index (χ3v) is 25.1. The van der Waals surface area contributed by atoms with Crippen LogP contribution in [-0.2, 0) is 0 Å². The minimum atomic E-state index is 0.565. The van der Waals surface area contributed by atoms with Gasteiger partial charge in [-0.1, -0.05) is 97.1 Å². The molecule has 0 saturated heterocycles. The van der Waals surface area contributed by atoms with Gasteiger partial charge in [0.2, 0.25) is 0 Å². The number of quaternary nitrogens is 4. The van der Waals surface area contributed by atoms with Gasteiger partial charge in [0.05, 0.1) is 167 Å². The Bertz CT molecular complexity index is 5260. The van der Waals surface area contributed by atoms with E-state index in [1.165, 1.54) is 0 Å². The fourth-order valence-corrected chi connectivity index (χ4v) is 16.4. The highest BCUT2D eigenvalue weighted by Crippen LogP contribution is 2.51. The highest BCUT2D eigenvalue weighted by atomic mass is 16.5. The van der Waals surface area contributed by atoms with E-state index in [1.54, 1.807) is 0 Å². The van der Waals surface area contributed by atoms with Gasteiger partial charge >= 0.3 is 0 Å². The molecule has 0 unspecified atom stereocenters. The molecule has 13 aromatic rings. The number of ether oxygens (including phenoxy) is 4. The Morgan fingerprint density at radius 2 is 0.537 bits per heavy atom. The standard InChI is InChI=1S/C96H110N8O4/c1-13-101(9,14-2)41-29-45-105-75-49-73(50-76(61-75)106-46-30-42-102(10,15-3)16-4)91-93-83-57-69-37-25-21-33-65(69)53-79(83)87(97-93)63-89-81-55-67-35-23-27-39-71(67)59-85(81)95(99-89)92(74-51-77(107-47-31-43-103(11,17-5)18-6)62-78(52-74)108-48-32-44-104(12,19-7)20-8)96-86-60-72-40-28-24-36-68(72)56-82(86)90(100-96)64-88-80-54-66-34-22-26-38-70(66)58-84(80)94(91)98-88/h21-28,33-40,49-64,97,100H,13-20,29-32,41-48H2,1-12H3/q+4. The zero-order valence-electron chi connectivity index (χ0n) is 65.9. The lowest BCUT2D eigenvalue weighted by molar-refractivity contribution is -0.906. The molecule has 108 heavy (non-hydrogen) atoms. The molecule has 0 atom stereocenters. The number of nitrogens with zero attached hydrogens (tertiary/aromatic N) is 6. The topological polar surface area (TPSA) is 94.3 Å². The molecular weight excluding hydrogens is 1330 g/mol. The van der Waals surface area contributed by atoms with Crippen LogP contribution in [0.2, 0.25) is 0 Å². The summed E-state index contributed by atoms with van der Waals surface area (Å²) in [5, 5.41) is 13.4. The van der Waals surface area contributed by atoms with Crippen molar-refractivity contribution in [3.63, 3.8) is 0 Å². The lowest BCUT2D eigenvalue weighted by Crippen LogP contribution is -2.44. The number of hydrogen-bond acceptors (Lipinski definition) is 6. The van der Waals surface area contributed by atoms with Crippen LogP contribution in [0.5, 0.6) is 23.0 Å². The first-order valence-electron chi connectivity index (χ1n) is 40.2. The van der Waals surface area contributed by atoms with Crippen molar-refractivity contribution in [1.82, 2.24) is 19.9 Å². The molecule has 2 aliphatic rings. The van der Waals surface area contributed by atoms with Gasteiger partial charge < -0.3 is 46.8 Å². The van der Waals surface area contributed by atoms with Gasteiger partial charge in [0, 0.05) is 104 Å². The molecule has 2 aliphatic heterocycles. The van der Waals surface area contributed by atoms with Gasteiger partial charge in [-0.2, -0.15) is 0 Å².